The van der Waals surface area contributed by atoms with E-state index in [1.807, 2.05) is 12.1 Å². The zero-order valence-electron chi connectivity index (χ0n) is 11.9. The highest BCUT2D eigenvalue weighted by Crippen LogP contribution is 2.48. The van der Waals surface area contributed by atoms with Gasteiger partial charge < -0.3 is 16.8 Å². The molecule has 0 atom stereocenters. The van der Waals surface area contributed by atoms with Crippen LogP contribution in [0.1, 0.15) is 32.3 Å². The lowest BCUT2D eigenvalue weighted by atomic mass is 9.91. The highest BCUT2D eigenvalue weighted by Gasteiger charge is 2.51. The van der Waals surface area contributed by atoms with Crippen LogP contribution in [0.3, 0.4) is 0 Å². The molecule has 1 fully saturated rings. The Morgan fingerprint density at radius 3 is 2.25 bits per heavy atom. The van der Waals surface area contributed by atoms with E-state index in [1.54, 1.807) is 26.0 Å². The Bertz CT molecular complexity index is 531. The molecule has 1 saturated carbocycles. The lowest BCUT2D eigenvalue weighted by Crippen LogP contribution is -2.45. The van der Waals surface area contributed by atoms with E-state index in [2.05, 4.69) is 5.32 Å². The van der Waals surface area contributed by atoms with Gasteiger partial charge >= 0.3 is 0 Å². The van der Waals surface area contributed by atoms with E-state index in [-0.39, 0.29) is 12.5 Å². The van der Waals surface area contributed by atoms with Crippen LogP contribution in [-0.4, -0.2) is 18.4 Å². The zero-order valence-corrected chi connectivity index (χ0v) is 11.9. The minimum Gasteiger partial charge on any atom is -0.399 e. The van der Waals surface area contributed by atoms with E-state index >= 15 is 0 Å². The maximum atomic E-state index is 12.4. The molecule has 20 heavy (non-hydrogen) atoms. The topological polar surface area (TPSA) is 98.2 Å². The molecule has 0 radical (unpaired) electrons. The molecule has 1 aromatic carbocycles. The number of carbonyl (C=O) groups is 2. The normalized spacial score (nSPS) is 16.5. The number of hydrogen-bond donors (Lipinski definition) is 3. The standard InChI is InChI=1S/C15H21N3O2/c1-14(2,12(17)19)9-18-13(20)15(7-8-15)10-3-5-11(16)6-4-10/h3-6H,7-9,16H2,1-2H3,(H2,17,19)(H,18,20). The Morgan fingerprint density at radius 1 is 1.25 bits per heavy atom. The van der Waals surface area contributed by atoms with Gasteiger partial charge in [-0.15, -0.1) is 0 Å². The molecule has 5 N–H and O–H groups in total. The minimum atomic E-state index is -0.743. The fraction of sp³-hybridized carbons (Fsp3) is 0.467. The minimum absolute atomic E-state index is 0.0448. The van der Waals surface area contributed by atoms with Crippen LogP contribution in [0, 0.1) is 5.41 Å². The number of nitrogen functional groups attached to an aromatic ring is 1. The SMILES string of the molecule is CC(C)(CNC(=O)C1(c2ccc(N)cc2)CC1)C(N)=O. The van der Waals surface area contributed by atoms with Crippen molar-refractivity contribution in [3.63, 3.8) is 0 Å². The van der Waals surface area contributed by atoms with Crippen LogP contribution in [-0.2, 0) is 15.0 Å². The molecule has 0 aromatic heterocycles. The van der Waals surface area contributed by atoms with Gasteiger partial charge in [0.15, 0.2) is 0 Å². The van der Waals surface area contributed by atoms with E-state index in [9.17, 15) is 9.59 Å². The van der Waals surface area contributed by atoms with Crippen molar-refractivity contribution < 1.29 is 9.59 Å². The largest absolute Gasteiger partial charge is 0.399 e. The highest BCUT2D eigenvalue weighted by atomic mass is 16.2. The van der Waals surface area contributed by atoms with Crippen LogP contribution in [0.2, 0.25) is 0 Å². The van der Waals surface area contributed by atoms with Crippen LogP contribution >= 0.6 is 0 Å². The second-order valence-electron chi connectivity index (χ2n) is 6.13. The molecule has 0 unspecified atom stereocenters. The summed E-state index contributed by atoms with van der Waals surface area (Å²) in [5, 5.41) is 2.85. The quantitative estimate of drug-likeness (QED) is 0.697. The number of primary amides is 1. The number of carbonyl (C=O) groups excluding carboxylic acids is 2. The van der Waals surface area contributed by atoms with Gasteiger partial charge in [0.25, 0.3) is 0 Å². The molecule has 2 rings (SSSR count). The van der Waals surface area contributed by atoms with Crippen molar-refractivity contribution in [1.29, 1.82) is 0 Å². The predicted octanol–water partition coefficient (Wildman–Crippen LogP) is 0.928. The molecule has 1 aromatic rings. The highest BCUT2D eigenvalue weighted by molar-refractivity contribution is 5.92. The van der Waals surface area contributed by atoms with E-state index in [4.69, 9.17) is 11.5 Å². The molecule has 0 heterocycles. The van der Waals surface area contributed by atoms with Gasteiger partial charge in [0.1, 0.15) is 0 Å². The molecule has 0 aliphatic heterocycles. The molecule has 108 valence electrons. The molecule has 5 heteroatoms. The zero-order chi connectivity index (χ0) is 15.0. The van der Waals surface area contributed by atoms with Crippen LogP contribution in [0.4, 0.5) is 5.69 Å². The van der Waals surface area contributed by atoms with Crippen LogP contribution < -0.4 is 16.8 Å². The van der Waals surface area contributed by atoms with E-state index in [1.165, 1.54) is 0 Å². The Balaban J connectivity index is 2.06. The van der Waals surface area contributed by atoms with E-state index in [0.717, 1.165) is 18.4 Å². The summed E-state index contributed by atoms with van der Waals surface area (Å²) in [7, 11) is 0. The summed E-state index contributed by atoms with van der Waals surface area (Å²) in [5.41, 5.74) is 11.4. The average molecular weight is 275 g/mol. The monoisotopic (exact) mass is 275 g/mol. The van der Waals surface area contributed by atoms with Crippen LogP contribution in [0.5, 0.6) is 0 Å². The van der Waals surface area contributed by atoms with Crippen molar-refractivity contribution in [2.24, 2.45) is 11.1 Å². The lowest BCUT2D eigenvalue weighted by Gasteiger charge is -2.23. The van der Waals surface area contributed by atoms with Gasteiger partial charge in [-0.1, -0.05) is 12.1 Å². The Hall–Kier alpha value is -2.04. The number of benzene rings is 1. The van der Waals surface area contributed by atoms with Gasteiger partial charge in [0.05, 0.1) is 10.8 Å². The first-order valence-corrected chi connectivity index (χ1v) is 6.72. The summed E-state index contributed by atoms with van der Waals surface area (Å²) >= 11 is 0. The summed E-state index contributed by atoms with van der Waals surface area (Å²) in [6, 6.07) is 7.38. The first kappa shape index (κ1) is 14.4. The molecule has 0 bridgehead atoms. The van der Waals surface area contributed by atoms with Crippen LogP contribution in [0.25, 0.3) is 0 Å². The first-order chi connectivity index (χ1) is 9.28. The molecule has 1 aliphatic carbocycles. The summed E-state index contributed by atoms with van der Waals surface area (Å²) in [6.07, 6.45) is 1.64. The molecule has 1 aliphatic rings. The van der Waals surface area contributed by atoms with E-state index < -0.39 is 16.7 Å². The van der Waals surface area contributed by atoms with Gasteiger partial charge in [-0.25, -0.2) is 0 Å². The Morgan fingerprint density at radius 2 is 1.80 bits per heavy atom. The summed E-state index contributed by atoms with van der Waals surface area (Å²) in [6.45, 7) is 3.69. The third-order valence-electron chi connectivity index (χ3n) is 4.01. The first-order valence-electron chi connectivity index (χ1n) is 6.72. The Labute approximate surface area is 118 Å². The van der Waals surface area contributed by atoms with Crippen molar-refractivity contribution in [2.75, 3.05) is 12.3 Å². The van der Waals surface area contributed by atoms with Gasteiger partial charge in [-0.2, -0.15) is 0 Å². The summed E-state index contributed by atoms with van der Waals surface area (Å²) in [5.74, 6) is -0.466. The van der Waals surface area contributed by atoms with Crippen molar-refractivity contribution >= 4 is 17.5 Å². The van der Waals surface area contributed by atoms with Crippen molar-refractivity contribution in [3.05, 3.63) is 29.8 Å². The predicted molar refractivity (Wildman–Crippen MR) is 77.8 cm³/mol. The van der Waals surface area contributed by atoms with Crippen molar-refractivity contribution in [1.82, 2.24) is 5.32 Å². The molecule has 0 saturated heterocycles. The fourth-order valence-corrected chi connectivity index (χ4v) is 2.13. The third kappa shape index (κ3) is 2.61. The molecular weight excluding hydrogens is 254 g/mol. The van der Waals surface area contributed by atoms with E-state index in [0.29, 0.717) is 5.69 Å². The third-order valence-corrected chi connectivity index (χ3v) is 4.01. The smallest absolute Gasteiger partial charge is 0.230 e. The maximum Gasteiger partial charge on any atom is 0.230 e. The Kier molecular flexibility index (Phi) is 3.46. The number of nitrogens with two attached hydrogens (primary N) is 2. The van der Waals surface area contributed by atoms with Crippen molar-refractivity contribution in [3.8, 4) is 0 Å². The molecule has 0 spiro atoms. The number of rotatable bonds is 5. The van der Waals surface area contributed by atoms with Gasteiger partial charge in [-0.3, -0.25) is 9.59 Å². The number of hydrogen-bond acceptors (Lipinski definition) is 3. The average Bonchev–Trinajstić information content (AvgIpc) is 3.18. The molecule has 2 amide bonds. The fourth-order valence-electron chi connectivity index (χ4n) is 2.13. The lowest BCUT2D eigenvalue weighted by molar-refractivity contribution is -0.127. The molecular formula is C15H21N3O2. The second-order valence-corrected chi connectivity index (χ2v) is 6.13. The molecule has 5 nitrogen and oxygen atoms in total. The summed E-state index contributed by atoms with van der Waals surface area (Å²) in [4.78, 5) is 23.7. The van der Waals surface area contributed by atoms with Crippen molar-refractivity contribution in [2.45, 2.75) is 32.1 Å². The number of anilines is 1. The number of amides is 2. The van der Waals surface area contributed by atoms with Crippen LogP contribution in [0.15, 0.2) is 24.3 Å². The maximum absolute atomic E-state index is 12.4. The summed E-state index contributed by atoms with van der Waals surface area (Å²) < 4.78 is 0. The second kappa shape index (κ2) is 4.81. The van der Waals surface area contributed by atoms with Gasteiger partial charge in [0, 0.05) is 12.2 Å². The van der Waals surface area contributed by atoms with Gasteiger partial charge in [-0.05, 0) is 44.4 Å². The van der Waals surface area contributed by atoms with Gasteiger partial charge in [0.2, 0.25) is 11.8 Å². The number of nitrogens with one attached hydrogen (secondary N) is 1.